The minimum atomic E-state index is -0.489. The normalized spacial score (nSPS) is 11.0. The second-order valence-corrected chi connectivity index (χ2v) is 5.94. The van der Waals surface area contributed by atoms with Gasteiger partial charge in [-0.1, -0.05) is 37.3 Å². The lowest BCUT2D eigenvalue weighted by Gasteiger charge is -2.27. The molecule has 0 saturated carbocycles. The summed E-state index contributed by atoms with van der Waals surface area (Å²) in [5, 5.41) is 5.95. The molecule has 2 N–H and O–H groups in total. The van der Waals surface area contributed by atoms with E-state index in [1.165, 1.54) is 0 Å². The van der Waals surface area contributed by atoms with Gasteiger partial charge in [-0.2, -0.15) is 0 Å². The van der Waals surface area contributed by atoms with Crippen molar-refractivity contribution < 1.29 is 9.53 Å². The first-order valence-electron chi connectivity index (χ1n) is 7.78. The third-order valence-electron chi connectivity index (χ3n) is 3.88. The van der Waals surface area contributed by atoms with Crippen LogP contribution in [-0.4, -0.2) is 13.1 Å². The molecule has 0 spiro atoms. The minimum absolute atomic E-state index is 0.216. The molecular weight excluding hydrogens is 288 g/mol. The molecular formula is C19H24N2O2. The summed E-state index contributed by atoms with van der Waals surface area (Å²) in [7, 11) is 1.64. The van der Waals surface area contributed by atoms with Crippen molar-refractivity contribution in [2.24, 2.45) is 0 Å². The maximum absolute atomic E-state index is 12.3. The Labute approximate surface area is 137 Å². The lowest BCUT2D eigenvalue weighted by Crippen LogP contribution is -2.43. The number of hydrogen-bond donors (Lipinski definition) is 2. The Hall–Kier alpha value is -2.49. The Balaban J connectivity index is 2.08. The van der Waals surface area contributed by atoms with Crippen LogP contribution < -0.4 is 15.4 Å². The zero-order valence-electron chi connectivity index (χ0n) is 14.1. The first-order valence-corrected chi connectivity index (χ1v) is 7.78. The highest BCUT2D eigenvalue weighted by molar-refractivity contribution is 5.90. The maximum Gasteiger partial charge on any atom is 0.319 e. The molecule has 0 bridgehead atoms. The van der Waals surface area contributed by atoms with Gasteiger partial charge < -0.3 is 15.4 Å². The summed E-state index contributed by atoms with van der Waals surface area (Å²) in [5.41, 5.74) is 2.48. The Morgan fingerprint density at radius 2 is 1.74 bits per heavy atom. The molecule has 0 aliphatic rings. The van der Waals surface area contributed by atoms with Gasteiger partial charge >= 0.3 is 6.03 Å². The molecule has 0 fully saturated rings. The van der Waals surface area contributed by atoms with Gasteiger partial charge in [0.05, 0.1) is 12.6 Å². The highest BCUT2D eigenvalue weighted by atomic mass is 16.5. The predicted octanol–water partition coefficient (Wildman–Crippen LogP) is 4.31. The fourth-order valence-electron chi connectivity index (χ4n) is 2.47. The standard InChI is InChI=1S/C19H24N2O2/c1-5-14-8-6-7-9-17(14)20-18(22)21-19(2,3)15-10-12-16(23-4)13-11-15/h6-13H,5H2,1-4H3,(H2,20,21,22). The maximum atomic E-state index is 12.3. The van der Waals surface area contributed by atoms with Crippen molar-refractivity contribution in [3.63, 3.8) is 0 Å². The SMILES string of the molecule is CCc1ccccc1NC(=O)NC(C)(C)c1ccc(OC)cc1. The topological polar surface area (TPSA) is 50.4 Å². The highest BCUT2D eigenvalue weighted by Crippen LogP contribution is 2.23. The van der Waals surface area contributed by atoms with Gasteiger partial charge in [-0.3, -0.25) is 0 Å². The van der Waals surface area contributed by atoms with Gasteiger partial charge in [-0.15, -0.1) is 0 Å². The number of aryl methyl sites for hydroxylation is 1. The number of carbonyl (C=O) groups is 1. The van der Waals surface area contributed by atoms with Crippen LogP contribution in [0.3, 0.4) is 0 Å². The largest absolute Gasteiger partial charge is 0.497 e. The molecule has 0 saturated heterocycles. The van der Waals surface area contributed by atoms with E-state index in [4.69, 9.17) is 4.74 Å². The summed E-state index contributed by atoms with van der Waals surface area (Å²) < 4.78 is 5.17. The van der Waals surface area contributed by atoms with E-state index in [-0.39, 0.29) is 6.03 Å². The second kappa shape index (κ2) is 7.18. The van der Waals surface area contributed by atoms with Crippen LogP contribution in [0.15, 0.2) is 48.5 Å². The van der Waals surface area contributed by atoms with E-state index >= 15 is 0 Å². The van der Waals surface area contributed by atoms with Crippen LogP contribution in [0.2, 0.25) is 0 Å². The molecule has 0 heterocycles. The number of urea groups is 1. The van der Waals surface area contributed by atoms with E-state index in [0.717, 1.165) is 29.0 Å². The molecule has 2 aromatic carbocycles. The Morgan fingerprint density at radius 3 is 2.35 bits per heavy atom. The molecule has 0 radical (unpaired) electrons. The van der Waals surface area contributed by atoms with E-state index in [1.807, 2.05) is 62.4 Å². The third-order valence-corrected chi connectivity index (χ3v) is 3.88. The zero-order valence-corrected chi connectivity index (χ0v) is 14.1. The van der Waals surface area contributed by atoms with Crippen molar-refractivity contribution in [3.05, 3.63) is 59.7 Å². The average Bonchev–Trinajstić information content (AvgIpc) is 2.55. The molecule has 23 heavy (non-hydrogen) atoms. The minimum Gasteiger partial charge on any atom is -0.497 e. The van der Waals surface area contributed by atoms with Gasteiger partial charge in [0.25, 0.3) is 0 Å². The predicted molar refractivity (Wildman–Crippen MR) is 94.0 cm³/mol. The van der Waals surface area contributed by atoms with Crippen LogP contribution in [0.5, 0.6) is 5.75 Å². The average molecular weight is 312 g/mol. The van der Waals surface area contributed by atoms with Crippen molar-refractivity contribution in [2.45, 2.75) is 32.7 Å². The Morgan fingerprint density at radius 1 is 1.09 bits per heavy atom. The number of ether oxygens (including phenoxy) is 1. The van der Waals surface area contributed by atoms with Gasteiger partial charge in [0, 0.05) is 5.69 Å². The number of rotatable bonds is 5. The van der Waals surface area contributed by atoms with E-state index in [9.17, 15) is 4.79 Å². The number of anilines is 1. The van der Waals surface area contributed by atoms with Crippen molar-refractivity contribution in [1.82, 2.24) is 5.32 Å². The van der Waals surface area contributed by atoms with Gasteiger partial charge in [-0.25, -0.2) is 4.79 Å². The number of amides is 2. The molecule has 2 aromatic rings. The molecule has 0 unspecified atom stereocenters. The highest BCUT2D eigenvalue weighted by Gasteiger charge is 2.23. The lowest BCUT2D eigenvalue weighted by atomic mass is 9.94. The molecule has 2 rings (SSSR count). The first kappa shape index (κ1) is 16.9. The van der Waals surface area contributed by atoms with E-state index < -0.39 is 5.54 Å². The van der Waals surface area contributed by atoms with Crippen molar-refractivity contribution in [3.8, 4) is 5.75 Å². The van der Waals surface area contributed by atoms with Crippen LogP contribution in [0.1, 0.15) is 31.9 Å². The van der Waals surface area contributed by atoms with Crippen molar-refractivity contribution in [2.75, 3.05) is 12.4 Å². The van der Waals surface area contributed by atoms with Gasteiger partial charge in [0.15, 0.2) is 0 Å². The van der Waals surface area contributed by atoms with Crippen LogP contribution in [0.4, 0.5) is 10.5 Å². The molecule has 2 amide bonds. The monoisotopic (exact) mass is 312 g/mol. The smallest absolute Gasteiger partial charge is 0.319 e. The number of carbonyl (C=O) groups excluding carboxylic acids is 1. The molecule has 122 valence electrons. The number of nitrogens with one attached hydrogen (secondary N) is 2. The summed E-state index contributed by atoms with van der Waals surface area (Å²) in [5.74, 6) is 0.797. The number of benzene rings is 2. The number of methoxy groups -OCH3 is 1. The quantitative estimate of drug-likeness (QED) is 0.864. The van der Waals surface area contributed by atoms with Gasteiger partial charge in [-0.05, 0) is 49.6 Å². The molecule has 4 heteroatoms. The summed E-state index contributed by atoms with van der Waals surface area (Å²) >= 11 is 0. The van der Waals surface area contributed by atoms with Crippen LogP contribution in [0.25, 0.3) is 0 Å². The van der Waals surface area contributed by atoms with E-state index in [1.54, 1.807) is 7.11 Å². The number of hydrogen-bond acceptors (Lipinski definition) is 2. The fraction of sp³-hybridized carbons (Fsp3) is 0.316. The van der Waals surface area contributed by atoms with E-state index in [0.29, 0.717) is 0 Å². The van der Waals surface area contributed by atoms with E-state index in [2.05, 4.69) is 17.6 Å². The van der Waals surface area contributed by atoms with Crippen LogP contribution >= 0.6 is 0 Å². The lowest BCUT2D eigenvalue weighted by molar-refractivity contribution is 0.242. The molecule has 0 aliphatic heterocycles. The van der Waals surface area contributed by atoms with Crippen molar-refractivity contribution in [1.29, 1.82) is 0 Å². The summed E-state index contributed by atoms with van der Waals surface area (Å²) in [6.45, 7) is 6.01. The second-order valence-electron chi connectivity index (χ2n) is 5.94. The zero-order chi connectivity index (χ0) is 16.9. The van der Waals surface area contributed by atoms with Crippen LogP contribution in [-0.2, 0) is 12.0 Å². The molecule has 4 nitrogen and oxygen atoms in total. The Bertz CT molecular complexity index is 663. The first-order chi connectivity index (χ1) is 11.0. The summed E-state index contributed by atoms with van der Waals surface area (Å²) in [6, 6.07) is 15.3. The summed E-state index contributed by atoms with van der Waals surface area (Å²) in [6.07, 6.45) is 0.873. The third kappa shape index (κ3) is 4.25. The van der Waals surface area contributed by atoms with Crippen molar-refractivity contribution >= 4 is 11.7 Å². The van der Waals surface area contributed by atoms with Gasteiger partial charge in [0.2, 0.25) is 0 Å². The molecule has 0 aromatic heterocycles. The Kier molecular flexibility index (Phi) is 5.27. The molecule has 0 aliphatic carbocycles. The molecule has 0 atom stereocenters. The number of para-hydroxylation sites is 1. The van der Waals surface area contributed by atoms with Crippen LogP contribution in [0, 0.1) is 0 Å². The fourth-order valence-corrected chi connectivity index (χ4v) is 2.47. The summed E-state index contributed by atoms with van der Waals surface area (Å²) in [4.78, 5) is 12.3. The van der Waals surface area contributed by atoms with Gasteiger partial charge in [0.1, 0.15) is 5.75 Å².